The molecule has 3 aliphatic heterocycles. The van der Waals surface area contributed by atoms with Gasteiger partial charge >= 0.3 is 0 Å². The van der Waals surface area contributed by atoms with Crippen molar-refractivity contribution < 1.29 is 48.6 Å². The highest BCUT2D eigenvalue weighted by molar-refractivity contribution is 5.93. The van der Waals surface area contributed by atoms with Crippen LogP contribution in [0.3, 0.4) is 0 Å². The molecule has 6 heterocycles. The number of nitrogen functional groups attached to an aromatic ring is 2. The molecule has 21 heteroatoms. The third-order valence-electron chi connectivity index (χ3n) is 10.1. The number of ether oxygens (including phenoxy) is 5. The Balaban J connectivity index is 0.000000248. The van der Waals surface area contributed by atoms with E-state index < -0.39 is 0 Å². The number of nitrogens with two attached hydrogens (primary N) is 2. The number of rotatable bonds is 8. The van der Waals surface area contributed by atoms with Gasteiger partial charge < -0.3 is 70.1 Å². The van der Waals surface area contributed by atoms with Gasteiger partial charge in [0, 0.05) is 81.9 Å². The zero-order chi connectivity index (χ0) is 39.3. The number of furan rings is 1. The minimum atomic E-state index is -0.276. The lowest BCUT2D eigenvalue weighted by Gasteiger charge is -2.35. The number of halogens is 1. The summed E-state index contributed by atoms with van der Waals surface area (Å²) in [7, 11) is 6.30. The van der Waals surface area contributed by atoms with E-state index in [4.69, 9.17) is 39.6 Å². The summed E-state index contributed by atoms with van der Waals surface area (Å²) in [5.41, 5.74) is 13.7. The van der Waals surface area contributed by atoms with E-state index in [0.717, 1.165) is 12.8 Å². The zero-order valence-corrected chi connectivity index (χ0v) is 34.1. The number of fused-ring (bicyclic) bond motifs is 2. The van der Waals surface area contributed by atoms with E-state index in [1.165, 1.54) is 6.26 Å². The molecule has 2 aromatic carbocycles. The van der Waals surface area contributed by atoms with Crippen LogP contribution >= 0.6 is 12.4 Å². The summed E-state index contributed by atoms with van der Waals surface area (Å²) < 4.78 is 32.1. The highest BCUT2D eigenvalue weighted by Gasteiger charge is 2.31. The molecule has 3 aliphatic rings. The second-order valence-electron chi connectivity index (χ2n) is 13.3. The number of benzene rings is 2. The molecule has 3 fully saturated rings. The lowest BCUT2D eigenvalue weighted by atomic mass is 10.2. The first kappa shape index (κ1) is 45.6. The molecular weight excluding hydrogens is 792 g/mol. The third-order valence-corrected chi connectivity index (χ3v) is 10.1. The second-order valence-corrected chi connectivity index (χ2v) is 13.3. The molecule has 2 amide bonds. The Bertz CT molecular complexity index is 2190. The maximum Gasteiger partial charge on any atom is 0.289 e. The topological polar surface area (TPSA) is 273 Å². The van der Waals surface area contributed by atoms with Crippen LogP contribution in [0.25, 0.3) is 21.8 Å². The average Bonchev–Trinajstić information content (AvgIpc) is 3.99. The lowest BCUT2D eigenvalue weighted by Crippen LogP contribution is -2.51. The Morgan fingerprint density at radius 2 is 1.14 bits per heavy atom. The van der Waals surface area contributed by atoms with E-state index in [1.54, 1.807) is 69.7 Å². The molecule has 1 atom stereocenters. The number of hydrogen-bond acceptors (Lipinski definition) is 16. The van der Waals surface area contributed by atoms with Crippen LogP contribution in [0.4, 0.5) is 23.5 Å². The van der Waals surface area contributed by atoms with Gasteiger partial charge in [0.15, 0.2) is 28.8 Å². The van der Waals surface area contributed by atoms with Crippen molar-refractivity contribution in [2.75, 3.05) is 109 Å². The molecule has 0 bridgehead atoms. The second kappa shape index (κ2) is 20.1. The number of methoxy groups -OCH3 is 4. The Labute approximate surface area is 346 Å². The number of carbonyl (C=O) groups excluding carboxylic acids is 2. The zero-order valence-electron chi connectivity index (χ0n) is 33.3. The summed E-state index contributed by atoms with van der Waals surface area (Å²) in [6, 6.07) is 10.5. The summed E-state index contributed by atoms with van der Waals surface area (Å²) in [5, 5.41) is 1.42. The van der Waals surface area contributed by atoms with E-state index in [2.05, 4.69) is 19.9 Å². The first-order chi connectivity index (χ1) is 27.2. The van der Waals surface area contributed by atoms with Crippen molar-refractivity contribution in [2.45, 2.75) is 18.9 Å². The van der Waals surface area contributed by atoms with E-state index in [-0.39, 0.29) is 41.3 Å². The molecule has 59 heavy (non-hydrogen) atoms. The van der Waals surface area contributed by atoms with E-state index >= 15 is 0 Å². The number of anilines is 4. The average molecular weight is 843 g/mol. The predicted molar refractivity (Wildman–Crippen MR) is 223 cm³/mol. The van der Waals surface area contributed by atoms with Crippen LogP contribution < -0.4 is 40.2 Å². The van der Waals surface area contributed by atoms with Crippen molar-refractivity contribution in [3.05, 3.63) is 48.4 Å². The van der Waals surface area contributed by atoms with Gasteiger partial charge in [-0.05, 0) is 37.1 Å². The number of piperazine rings is 2. The molecule has 8 N–H and O–H groups in total. The monoisotopic (exact) mass is 842 g/mol. The molecule has 3 aromatic heterocycles. The molecule has 0 aliphatic carbocycles. The Morgan fingerprint density at radius 3 is 1.54 bits per heavy atom. The van der Waals surface area contributed by atoms with Crippen molar-refractivity contribution in [1.82, 2.24) is 29.7 Å². The summed E-state index contributed by atoms with van der Waals surface area (Å²) in [6.45, 7) is 5.51. The van der Waals surface area contributed by atoms with Gasteiger partial charge in [-0.2, -0.15) is 9.97 Å². The smallest absolute Gasteiger partial charge is 0.289 e. The van der Waals surface area contributed by atoms with Gasteiger partial charge in [0.2, 0.25) is 11.9 Å². The normalized spacial score (nSPS) is 16.2. The van der Waals surface area contributed by atoms with Crippen LogP contribution in [-0.4, -0.2) is 146 Å². The number of hydrogen-bond donors (Lipinski definition) is 2. The maximum absolute atomic E-state index is 12.5. The van der Waals surface area contributed by atoms with Gasteiger partial charge in [0.05, 0.1) is 45.7 Å². The van der Waals surface area contributed by atoms with Crippen LogP contribution in [0, 0.1) is 0 Å². The number of aromatic nitrogens is 4. The van der Waals surface area contributed by atoms with E-state index in [0.29, 0.717) is 133 Å². The summed E-state index contributed by atoms with van der Waals surface area (Å²) in [5.74, 6) is 4.49. The lowest BCUT2D eigenvalue weighted by molar-refractivity contribution is -0.141. The fraction of sp³-hybridized carbons (Fsp3) is 0.421. The summed E-state index contributed by atoms with van der Waals surface area (Å²) in [4.78, 5) is 50.8. The quantitative estimate of drug-likeness (QED) is 0.225. The van der Waals surface area contributed by atoms with Gasteiger partial charge in [-0.15, -0.1) is 12.4 Å². The highest BCUT2D eigenvalue weighted by atomic mass is 35.5. The van der Waals surface area contributed by atoms with Crippen LogP contribution in [0.2, 0.25) is 0 Å². The molecule has 320 valence electrons. The fourth-order valence-corrected chi connectivity index (χ4v) is 6.98. The van der Waals surface area contributed by atoms with E-state index in [9.17, 15) is 9.59 Å². The third kappa shape index (κ3) is 9.62. The number of amides is 2. The van der Waals surface area contributed by atoms with Crippen LogP contribution in [0.1, 0.15) is 23.4 Å². The van der Waals surface area contributed by atoms with Crippen LogP contribution in [0.15, 0.2) is 47.1 Å². The molecule has 3 saturated heterocycles. The van der Waals surface area contributed by atoms with Gasteiger partial charge in [0.25, 0.3) is 11.8 Å². The Hall–Kier alpha value is -6.09. The van der Waals surface area contributed by atoms with Crippen molar-refractivity contribution in [3.63, 3.8) is 0 Å². The molecule has 0 spiro atoms. The minimum absolute atomic E-state index is 0. The SMILES string of the molecule is COc1cc2nc(N3CCN(C(=O)C4CCCO4)CC3)nc(N)c2cc1OC.COc1cc2nc(N3CCN(C(=O)c4ccco4)CC3)nc(N)c2cc1OC.Cl.O.O. The Morgan fingerprint density at radius 1 is 0.678 bits per heavy atom. The van der Waals surface area contributed by atoms with Gasteiger partial charge in [0.1, 0.15) is 17.7 Å². The van der Waals surface area contributed by atoms with Crippen molar-refractivity contribution in [2.24, 2.45) is 0 Å². The molecule has 1 unspecified atom stereocenters. The van der Waals surface area contributed by atoms with E-state index in [1.807, 2.05) is 14.7 Å². The Kier molecular flexibility index (Phi) is 15.5. The standard InChI is InChI=1S/C19H25N5O4.C19H21N5O4.ClH.2H2O/c2*1-26-15-10-12-13(11-16(15)27-2)21-19(22-17(12)20)24-7-5-23(6-8-24)18(25)14-4-3-9-28-14;;;/h10-11,14H,3-9H2,1-2H3,(H2,20,21,22);3-4,9-11H,5-8H2,1-2H3,(H2,20,21,22);1H;2*1H2. The molecule has 0 radical (unpaired) electrons. The molecule has 8 rings (SSSR count). The van der Waals surface area contributed by atoms with Crippen molar-refractivity contribution >= 4 is 69.6 Å². The fourth-order valence-electron chi connectivity index (χ4n) is 6.98. The highest BCUT2D eigenvalue weighted by Crippen LogP contribution is 2.35. The first-order valence-electron chi connectivity index (χ1n) is 18.3. The van der Waals surface area contributed by atoms with Crippen molar-refractivity contribution in [1.29, 1.82) is 0 Å². The van der Waals surface area contributed by atoms with Crippen LogP contribution in [0.5, 0.6) is 23.0 Å². The molecule has 0 saturated carbocycles. The molecule has 5 aromatic rings. The minimum Gasteiger partial charge on any atom is -0.493 e. The van der Waals surface area contributed by atoms with Crippen LogP contribution in [-0.2, 0) is 9.53 Å². The van der Waals surface area contributed by atoms with Gasteiger partial charge in [-0.3, -0.25) is 9.59 Å². The molecular formula is C38H51ClN10O10. The maximum atomic E-state index is 12.5. The predicted octanol–water partition coefficient (Wildman–Crippen LogP) is 1.61. The number of nitrogens with zero attached hydrogens (tertiary/aromatic N) is 8. The van der Waals surface area contributed by atoms with Crippen molar-refractivity contribution in [3.8, 4) is 23.0 Å². The summed E-state index contributed by atoms with van der Waals surface area (Å²) in [6.07, 6.45) is 2.99. The number of carbonyl (C=O) groups is 2. The van der Waals surface area contributed by atoms with Gasteiger partial charge in [-0.25, -0.2) is 9.97 Å². The summed E-state index contributed by atoms with van der Waals surface area (Å²) >= 11 is 0. The first-order valence-corrected chi connectivity index (χ1v) is 18.3. The molecule has 20 nitrogen and oxygen atoms in total. The largest absolute Gasteiger partial charge is 0.493 e. The van der Waals surface area contributed by atoms with Gasteiger partial charge in [-0.1, -0.05) is 0 Å².